The van der Waals surface area contributed by atoms with E-state index in [1.165, 1.54) is 30.2 Å². The first kappa shape index (κ1) is 22.5. The second-order valence-electron chi connectivity index (χ2n) is 8.24. The molecule has 1 saturated heterocycles. The first-order chi connectivity index (χ1) is 16.9. The van der Waals surface area contributed by atoms with Crippen molar-refractivity contribution >= 4 is 23.1 Å². The minimum absolute atomic E-state index is 0.107. The first-order valence-electron chi connectivity index (χ1n) is 11.0. The normalized spacial score (nSPS) is 18.6. The first-order valence-corrected chi connectivity index (χ1v) is 11.0. The topological polar surface area (TPSA) is 85.3 Å². The van der Waals surface area contributed by atoms with Crippen molar-refractivity contribution in [3.8, 4) is 17.2 Å². The average Bonchev–Trinajstić information content (AvgIpc) is 3.15. The Labute approximate surface area is 201 Å². The number of carbonyl (C=O) groups excluding carboxylic acids is 2. The van der Waals surface area contributed by atoms with Gasteiger partial charge in [0.05, 0.1) is 18.7 Å². The van der Waals surface area contributed by atoms with Gasteiger partial charge in [0.2, 0.25) is 0 Å². The summed E-state index contributed by atoms with van der Waals surface area (Å²) < 4.78 is 30.5. The van der Waals surface area contributed by atoms with Crippen LogP contribution >= 0.6 is 0 Å². The van der Waals surface area contributed by atoms with Crippen LogP contribution in [0, 0.1) is 12.7 Å². The maximum absolute atomic E-state index is 13.9. The van der Waals surface area contributed by atoms with Crippen LogP contribution in [-0.4, -0.2) is 37.1 Å². The van der Waals surface area contributed by atoms with E-state index < -0.39 is 23.5 Å². The Morgan fingerprint density at radius 1 is 1.03 bits per heavy atom. The molecule has 3 aromatic carbocycles. The lowest BCUT2D eigenvalue weighted by atomic mass is 9.94. The number of aliphatic hydroxyl groups is 1. The van der Waals surface area contributed by atoms with Crippen molar-refractivity contribution in [2.24, 2.45) is 0 Å². The van der Waals surface area contributed by atoms with Crippen molar-refractivity contribution in [3.63, 3.8) is 0 Å². The van der Waals surface area contributed by atoms with Crippen LogP contribution in [0.4, 0.5) is 10.1 Å². The molecular weight excluding hydrogens is 453 g/mol. The molecular formula is C27H22FNO6. The zero-order valence-corrected chi connectivity index (χ0v) is 19.1. The van der Waals surface area contributed by atoms with Gasteiger partial charge in [-0.3, -0.25) is 14.5 Å². The molecule has 0 saturated carbocycles. The van der Waals surface area contributed by atoms with E-state index in [9.17, 15) is 19.1 Å². The smallest absolute Gasteiger partial charge is 0.300 e. The molecule has 0 aromatic heterocycles. The molecule has 1 atom stereocenters. The van der Waals surface area contributed by atoms with E-state index in [-0.39, 0.29) is 16.9 Å². The number of amides is 1. The number of Topliss-reactive ketones (excluding diaryl/α,β-unsaturated/α-hetero) is 1. The second kappa shape index (κ2) is 8.79. The monoisotopic (exact) mass is 475 g/mol. The van der Waals surface area contributed by atoms with E-state index in [0.29, 0.717) is 47.3 Å². The minimum Gasteiger partial charge on any atom is -0.507 e. The van der Waals surface area contributed by atoms with Crippen LogP contribution in [0.3, 0.4) is 0 Å². The number of aliphatic hydroxyl groups excluding tert-OH is 1. The summed E-state index contributed by atoms with van der Waals surface area (Å²) in [5, 5.41) is 11.2. The Kier molecular flexibility index (Phi) is 5.64. The number of anilines is 1. The quantitative estimate of drug-likeness (QED) is 0.339. The molecule has 0 radical (unpaired) electrons. The van der Waals surface area contributed by atoms with Crippen LogP contribution in [0.25, 0.3) is 5.76 Å². The Hall–Kier alpha value is -4.33. The van der Waals surface area contributed by atoms with Gasteiger partial charge in [-0.1, -0.05) is 12.1 Å². The second-order valence-corrected chi connectivity index (χ2v) is 8.24. The Morgan fingerprint density at radius 2 is 1.80 bits per heavy atom. The number of aryl methyl sites for hydroxylation is 1. The molecule has 1 amide bonds. The van der Waals surface area contributed by atoms with Gasteiger partial charge in [-0.2, -0.15) is 0 Å². The van der Waals surface area contributed by atoms with E-state index in [1.807, 2.05) is 0 Å². The van der Waals surface area contributed by atoms with Crippen LogP contribution < -0.4 is 19.1 Å². The van der Waals surface area contributed by atoms with Crippen LogP contribution in [0.15, 0.2) is 66.2 Å². The summed E-state index contributed by atoms with van der Waals surface area (Å²) in [6, 6.07) is 14.9. The van der Waals surface area contributed by atoms with Gasteiger partial charge >= 0.3 is 0 Å². The molecule has 3 aromatic rings. The van der Waals surface area contributed by atoms with Gasteiger partial charge in [0, 0.05) is 17.3 Å². The number of benzene rings is 3. The minimum atomic E-state index is -0.960. The highest BCUT2D eigenvalue weighted by Gasteiger charge is 2.47. The molecule has 5 rings (SSSR count). The predicted octanol–water partition coefficient (Wildman–Crippen LogP) is 4.54. The highest BCUT2D eigenvalue weighted by atomic mass is 19.1. The van der Waals surface area contributed by atoms with Crippen molar-refractivity contribution < 1.29 is 33.3 Å². The molecule has 2 aliphatic heterocycles. The maximum atomic E-state index is 13.9. The molecule has 35 heavy (non-hydrogen) atoms. The third-order valence-corrected chi connectivity index (χ3v) is 6.09. The van der Waals surface area contributed by atoms with E-state index in [4.69, 9.17) is 14.2 Å². The molecule has 1 fully saturated rings. The van der Waals surface area contributed by atoms with E-state index in [1.54, 1.807) is 49.4 Å². The standard InChI is InChI=1S/C27H22FNO6/c1-15-12-17(6-8-20(15)28)25(30)23-24(16-4-3-5-19(13-16)33-2)29(27(32)26(23)31)18-7-9-21-22(14-18)35-11-10-34-21/h3-9,12-14,24,30H,10-11H2,1-2H3/b25-23+. The fourth-order valence-corrected chi connectivity index (χ4v) is 4.36. The lowest BCUT2D eigenvalue weighted by Crippen LogP contribution is -2.29. The van der Waals surface area contributed by atoms with E-state index in [2.05, 4.69) is 0 Å². The van der Waals surface area contributed by atoms with Crippen molar-refractivity contribution in [1.82, 2.24) is 0 Å². The molecule has 1 N–H and O–H groups in total. The fourth-order valence-electron chi connectivity index (χ4n) is 4.36. The van der Waals surface area contributed by atoms with E-state index >= 15 is 0 Å². The summed E-state index contributed by atoms with van der Waals surface area (Å²) in [6.45, 7) is 2.33. The number of rotatable bonds is 4. The number of hydrogen-bond acceptors (Lipinski definition) is 6. The summed E-state index contributed by atoms with van der Waals surface area (Å²) in [6.07, 6.45) is 0. The van der Waals surface area contributed by atoms with Gasteiger partial charge in [0.1, 0.15) is 30.5 Å². The zero-order valence-electron chi connectivity index (χ0n) is 19.1. The largest absolute Gasteiger partial charge is 0.507 e. The third kappa shape index (κ3) is 3.86. The zero-order chi connectivity index (χ0) is 24.7. The Morgan fingerprint density at radius 3 is 2.54 bits per heavy atom. The summed E-state index contributed by atoms with van der Waals surface area (Å²) in [7, 11) is 1.51. The number of carbonyl (C=O) groups is 2. The molecule has 0 spiro atoms. The van der Waals surface area contributed by atoms with Crippen LogP contribution in [0.5, 0.6) is 17.2 Å². The molecule has 2 heterocycles. The summed E-state index contributed by atoms with van der Waals surface area (Å²) in [5.74, 6) is -0.984. The van der Waals surface area contributed by atoms with Gasteiger partial charge < -0.3 is 19.3 Å². The average molecular weight is 475 g/mol. The van der Waals surface area contributed by atoms with Crippen LogP contribution in [0.2, 0.25) is 0 Å². The lowest BCUT2D eigenvalue weighted by molar-refractivity contribution is -0.132. The number of nitrogens with zero attached hydrogens (tertiary/aromatic N) is 1. The summed E-state index contributed by atoms with van der Waals surface area (Å²) in [5.41, 5.74) is 1.38. The Balaban J connectivity index is 1.71. The van der Waals surface area contributed by atoms with Crippen LogP contribution in [0.1, 0.15) is 22.7 Å². The van der Waals surface area contributed by atoms with Gasteiger partial charge in [0.15, 0.2) is 11.5 Å². The SMILES string of the molecule is COc1cccc(C2/C(=C(\O)c3ccc(F)c(C)c3)C(=O)C(=O)N2c2ccc3c(c2)OCCO3)c1. The molecule has 7 nitrogen and oxygen atoms in total. The van der Waals surface area contributed by atoms with Crippen LogP contribution in [-0.2, 0) is 9.59 Å². The van der Waals surface area contributed by atoms with Crippen molar-refractivity contribution in [2.45, 2.75) is 13.0 Å². The number of ether oxygens (including phenoxy) is 3. The molecule has 8 heteroatoms. The summed E-state index contributed by atoms with van der Waals surface area (Å²) in [4.78, 5) is 28.0. The van der Waals surface area contributed by atoms with Gasteiger partial charge in [-0.05, 0) is 60.5 Å². The number of methoxy groups -OCH3 is 1. The Bertz CT molecular complexity index is 1380. The molecule has 2 aliphatic rings. The highest BCUT2D eigenvalue weighted by molar-refractivity contribution is 6.51. The van der Waals surface area contributed by atoms with Gasteiger partial charge in [0.25, 0.3) is 11.7 Å². The number of hydrogen-bond donors (Lipinski definition) is 1. The number of ketones is 1. The molecule has 178 valence electrons. The molecule has 0 aliphatic carbocycles. The highest BCUT2D eigenvalue weighted by Crippen LogP contribution is 2.45. The van der Waals surface area contributed by atoms with Gasteiger partial charge in [-0.25, -0.2) is 4.39 Å². The molecule has 1 unspecified atom stereocenters. The number of fused-ring (bicyclic) bond motifs is 1. The fraction of sp³-hybridized carbons (Fsp3) is 0.185. The van der Waals surface area contributed by atoms with E-state index in [0.717, 1.165) is 0 Å². The predicted molar refractivity (Wildman–Crippen MR) is 126 cm³/mol. The maximum Gasteiger partial charge on any atom is 0.300 e. The van der Waals surface area contributed by atoms with Gasteiger partial charge in [-0.15, -0.1) is 0 Å². The third-order valence-electron chi connectivity index (χ3n) is 6.09. The van der Waals surface area contributed by atoms with Crippen molar-refractivity contribution in [2.75, 3.05) is 25.2 Å². The number of halogens is 1. The molecule has 0 bridgehead atoms. The summed E-state index contributed by atoms with van der Waals surface area (Å²) >= 11 is 0. The van der Waals surface area contributed by atoms with Crippen molar-refractivity contribution in [3.05, 3.63) is 88.7 Å². The lowest BCUT2D eigenvalue weighted by Gasteiger charge is -2.27. The van der Waals surface area contributed by atoms with Crippen molar-refractivity contribution in [1.29, 1.82) is 0 Å².